The predicted molar refractivity (Wildman–Crippen MR) is 118 cm³/mol. The summed E-state index contributed by atoms with van der Waals surface area (Å²) in [6.07, 6.45) is 0. The number of aromatic nitrogens is 3. The van der Waals surface area contributed by atoms with Gasteiger partial charge >= 0.3 is 11.3 Å². The van der Waals surface area contributed by atoms with Crippen molar-refractivity contribution in [2.45, 2.75) is 6.92 Å². The average molecular weight is 429 g/mol. The second-order valence-electron chi connectivity index (χ2n) is 7.09. The second-order valence-corrected chi connectivity index (χ2v) is 8.09. The Balaban J connectivity index is 1.61. The van der Waals surface area contributed by atoms with Crippen LogP contribution in [-0.2, 0) is 0 Å². The van der Waals surface area contributed by atoms with Gasteiger partial charge in [0.2, 0.25) is 5.69 Å². The minimum atomic E-state index is -0.764. The number of ketones is 1. The van der Waals surface area contributed by atoms with Crippen LogP contribution >= 0.6 is 11.3 Å². The average Bonchev–Trinajstić information content (AvgIpc) is 3.34. The molecule has 0 fully saturated rings. The van der Waals surface area contributed by atoms with Gasteiger partial charge in [-0.15, -0.1) is 11.3 Å². The van der Waals surface area contributed by atoms with Crippen molar-refractivity contribution in [1.29, 1.82) is 0 Å². The van der Waals surface area contributed by atoms with E-state index in [4.69, 9.17) is 10.3 Å². The first-order valence-electron chi connectivity index (χ1n) is 9.52. The van der Waals surface area contributed by atoms with Crippen LogP contribution in [0.25, 0.3) is 27.2 Å². The Morgan fingerprint density at radius 2 is 1.81 bits per heavy atom. The molecule has 0 saturated heterocycles. The maximum absolute atomic E-state index is 13.3. The zero-order valence-electron chi connectivity index (χ0n) is 16.5. The molecule has 0 amide bonds. The lowest BCUT2D eigenvalue weighted by Gasteiger charge is -2.00. The maximum atomic E-state index is 13.3. The van der Waals surface area contributed by atoms with Crippen LogP contribution in [0.5, 0.6) is 0 Å². The molecular weight excluding hydrogens is 412 g/mol. The van der Waals surface area contributed by atoms with Crippen LogP contribution in [0.3, 0.4) is 0 Å². The number of nitrogen functional groups attached to an aromatic ring is 1. The molecule has 0 atom stereocenters. The van der Waals surface area contributed by atoms with Crippen LogP contribution in [0.15, 0.2) is 76.0 Å². The highest BCUT2D eigenvalue weighted by molar-refractivity contribution is 7.21. The van der Waals surface area contributed by atoms with E-state index in [9.17, 15) is 9.59 Å². The van der Waals surface area contributed by atoms with Gasteiger partial charge in [-0.2, -0.15) is 0 Å². The van der Waals surface area contributed by atoms with Crippen LogP contribution in [0.2, 0.25) is 0 Å². The molecule has 31 heavy (non-hydrogen) atoms. The van der Waals surface area contributed by atoms with Crippen molar-refractivity contribution in [2.24, 2.45) is 0 Å². The van der Waals surface area contributed by atoms with Gasteiger partial charge in [-0.3, -0.25) is 9.32 Å². The van der Waals surface area contributed by atoms with E-state index in [1.165, 1.54) is 4.68 Å². The topological polar surface area (TPSA) is 106 Å². The van der Waals surface area contributed by atoms with Crippen LogP contribution in [-0.4, -0.2) is 16.0 Å². The summed E-state index contributed by atoms with van der Waals surface area (Å²) in [6, 6.07) is 20.8. The molecule has 0 spiro atoms. The first kappa shape index (κ1) is 19.0. The number of carbonyl (C=O) groups is 1. The molecule has 0 bridgehead atoms. The summed E-state index contributed by atoms with van der Waals surface area (Å²) in [5.74, 6) is -0.516. The highest BCUT2D eigenvalue weighted by Crippen LogP contribution is 2.35. The second kappa shape index (κ2) is 7.33. The van der Waals surface area contributed by atoms with Gasteiger partial charge in [0.1, 0.15) is 9.71 Å². The van der Waals surface area contributed by atoms with Crippen LogP contribution in [0.1, 0.15) is 20.9 Å². The number of anilines is 1. The first-order chi connectivity index (χ1) is 15.0. The maximum Gasteiger partial charge on any atom is 0.439 e. The van der Waals surface area contributed by atoms with E-state index in [0.717, 1.165) is 28.2 Å². The van der Waals surface area contributed by atoms with E-state index >= 15 is 0 Å². The fourth-order valence-corrected chi connectivity index (χ4v) is 4.42. The zero-order valence-corrected chi connectivity index (χ0v) is 17.3. The largest absolute Gasteiger partial charge is 0.439 e. The zero-order chi connectivity index (χ0) is 21.5. The molecule has 3 heterocycles. The lowest BCUT2D eigenvalue weighted by molar-refractivity contribution is -0.672. The van der Waals surface area contributed by atoms with Crippen molar-refractivity contribution in [3.8, 4) is 16.9 Å². The normalized spacial score (nSPS) is 11.1. The molecule has 0 aliphatic rings. The van der Waals surface area contributed by atoms with Crippen molar-refractivity contribution >= 4 is 33.0 Å². The SMILES string of the molecule is Cc1ccc(-[n+]2[nH]oc(=O)c2C(=O)c2sc3nc(-c4ccccc4)ccc3c2N)cc1. The van der Waals surface area contributed by atoms with E-state index in [1.807, 2.05) is 61.5 Å². The van der Waals surface area contributed by atoms with E-state index < -0.39 is 11.4 Å². The van der Waals surface area contributed by atoms with Crippen molar-refractivity contribution in [1.82, 2.24) is 10.3 Å². The standard InChI is InChI=1S/C23H16N4O3S/c1-13-7-9-15(10-8-13)27-19(23(29)30-26-27)20(28)21-18(24)16-11-12-17(25-22(16)31-21)14-5-3-2-4-6-14/h2-12H,1H3,(H2-,24,26,28,29)/p+1. The lowest BCUT2D eigenvalue weighted by Crippen LogP contribution is -2.41. The van der Waals surface area contributed by atoms with Crippen molar-refractivity contribution in [3.05, 3.63) is 93.3 Å². The molecule has 8 heteroatoms. The van der Waals surface area contributed by atoms with Gasteiger partial charge in [0, 0.05) is 23.1 Å². The Hall–Kier alpha value is -4.04. The third kappa shape index (κ3) is 3.23. The van der Waals surface area contributed by atoms with Gasteiger partial charge in [0.15, 0.2) is 0 Å². The summed E-state index contributed by atoms with van der Waals surface area (Å²) in [6.45, 7) is 1.95. The summed E-state index contributed by atoms with van der Waals surface area (Å²) in [4.78, 5) is 31.3. The fourth-order valence-electron chi connectivity index (χ4n) is 3.39. The number of carbonyl (C=O) groups excluding carboxylic acids is 1. The Bertz CT molecular complexity index is 1480. The van der Waals surface area contributed by atoms with E-state index in [-0.39, 0.29) is 10.6 Å². The third-order valence-electron chi connectivity index (χ3n) is 5.02. The molecule has 0 unspecified atom stereocenters. The Labute approximate surface area is 180 Å². The lowest BCUT2D eigenvalue weighted by atomic mass is 10.1. The Morgan fingerprint density at radius 1 is 1.06 bits per heavy atom. The number of H-pyrrole nitrogens is 1. The van der Waals surface area contributed by atoms with E-state index in [0.29, 0.717) is 21.6 Å². The number of nitrogens with zero attached hydrogens (tertiary/aromatic N) is 2. The minimum absolute atomic E-state index is 0.148. The van der Waals surface area contributed by atoms with Gasteiger partial charge in [-0.05, 0) is 29.0 Å². The van der Waals surface area contributed by atoms with Crippen molar-refractivity contribution in [2.75, 3.05) is 5.73 Å². The number of hydrogen-bond acceptors (Lipinski definition) is 6. The molecule has 3 N–H and O–H groups in total. The summed E-state index contributed by atoms with van der Waals surface area (Å²) >= 11 is 1.16. The predicted octanol–water partition coefficient (Wildman–Crippen LogP) is 3.64. The number of nitrogens with two attached hydrogens (primary N) is 1. The van der Waals surface area contributed by atoms with Crippen LogP contribution < -0.4 is 16.0 Å². The monoisotopic (exact) mass is 429 g/mol. The van der Waals surface area contributed by atoms with Crippen molar-refractivity contribution in [3.63, 3.8) is 0 Å². The highest BCUT2D eigenvalue weighted by Gasteiger charge is 2.34. The van der Waals surface area contributed by atoms with Crippen LogP contribution in [0.4, 0.5) is 5.69 Å². The number of rotatable bonds is 4. The molecule has 2 aromatic carbocycles. The smallest absolute Gasteiger partial charge is 0.397 e. The Kier molecular flexibility index (Phi) is 4.48. The molecule has 0 aliphatic heterocycles. The number of aromatic amines is 1. The van der Waals surface area contributed by atoms with Gasteiger partial charge in [-0.1, -0.05) is 48.0 Å². The fraction of sp³-hybridized carbons (Fsp3) is 0.0435. The van der Waals surface area contributed by atoms with Gasteiger partial charge < -0.3 is 5.73 Å². The Morgan fingerprint density at radius 3 is 2.55 bits per heavy atom. The number of pyridine rings is 1. The summed E-state index contributed by atoms with van der Waals surface area (Å²) in [5.41, 5.74) is 9.08. The van der Waals surface area contributed by atoms with Gasteiger partial charge in [0.25, 0.3) is 5.78 Å². The molecule has 7 nitrogen and oxygen atoms in total. The molecule has 152 valence electrons. The summed E-state index contributed by atoms with van der Waals surface area (Å²) in [7, 11) is 0. The number of aryl methyl sites for hydroxylation is 1. The van der Waals surface area contributed by atoms with E-state index in [2.05, 4.69) is 10.3 Å². The number of benzene rings is 2. The number of nitrogens with one attached hydrogen (secondary N) is 1. The third-order valence-corrected chi connectivity index (χ3v) is 6.14. The molecule has 5 aromatic rings. The number of hydrogen-bond donors (Lipinski definition) is 2. The minimum Gasteiger partial charge on any atom is -0.397 e. The van der Waals surface area contributed by atoms with E-state index in [1.54, 1.807) is 12.1 Å². The molecule has 5 rings (SSSR count). The molecular formula is C23H17N4O3S+. The van der Waals surface area contributed by atoms with Gasteiger partial charge in [0.05, 0.1) is 11.4 Å². The van der Waals surface area contributed by atoms with Crippen molar-refractivity contribution < 1.29 is 14.0 Å². The number of thiophene rings is 1. The molecule has 0 aliphatic carbocycles. The number of fused-ring (bicyclic) bond motifs is 1. The molecule has 0 radical (unpaired) electrons. The summed E-state index contributed by atoms with van der Waals surface area (Å²) in [5, 5.41) is 3.18. The highest BCUT2D eigenvalue weighted by atomic mass is 32.1. The molecule has 0 saturated carbocycles. The van der Waals surface area contributed by atoms with Crippen LogP contribution in [0, 0.1) is 6.92 Å². The quantitative estimate of drug-likeness (QED) is 0.335. The molecule has 3 aromatic heterocycles. The first-order valence-corrected chi connectivity index (χ1v) is 10.3. The van der Waals surface area contributed by atoms with Gasteiger partial charge in [-0.25, -0.2) is 9.78 Å². The summed E-state index contributed by atoms with van der Waals surface area (Å²) < 4.78 is 6.25.